The van der Waals surface area contributed by atoms with Crippen LogP contribution in [0.25, 0.3) is 0 Å². The maximum atomic E-state index is 12.8. The van der Waals surface area contributed by atoms with E-state index in [2.05, 4.69) is 26.2 Å². The molecule has 0 aliphatic heterocycles. The molecule has 0 aromatic carbocycles. The molecule has 0 radical (unpaired) electrons. The van der Waals surface area contributed by atoms with Gasteiger partial charge in [0.25, 0.3) is 5.92 Å². The van der Waals surface area contributed by atoms with Gasteiger partial charge in [0.05, 0.1) is 18.4 Å². The Morgan fingerprint density at radius 1 is 1.50 bits per heavy atom. The van der Waals surface area contributed by atoms with E-state index < -0.39 is 5.92 Å². The summed E-state index contributed by atoms with van der Waals surface area (Å²) in [7, 11) is 0. The molecule has 0 aliphatic carbocycles. The van der Waals surface area contributed by atoms with Crippen LogP contribution in [-0.4, -0.2) is 17.5 Å². The van der Waals surface area contributed by atoms with E-state index in [9.17, 15) is 8.78 Å². The number of hydrogen-bond acceptors (Lipinski definition) is 2. The fourth-order valence-electron chi connectivity index (χ4n) is 0.865. The van der Waals surface area contributed by atoms with Gasteiger partial charge in [0.15, 0.2) is 0 Å². The lowest BCUT2D eigenvalue weighted by Gasteiger charge is -2.15. The molecule has 5 heteroatoms. The van der Waals surface area contributed by atoms with Crippen molar-refractivity contribution in [2.24, 2.45) is 0 Å². The second-order valence-corrected chi connectivity index (χ2v) is 3.87. The zero-order chi connectivity index (χ0) is 10.6. The number of rotatable bonds is 4. The molecule has 0 spiro atoms. The summed E-state index contributed by atoms with van der Waals surface area (Å²) in [4.78, 5) is 3.86. The molecule has 2 nitrogen and oxygen atoms in total. The average molecular weight is 265 g/mol. The topological polar surface area (TPSA) is 24.9 Å². The number of hydrogen-bond donors (Lipinski definition) is 1. The van der Waals surface area contributed by atoms with Gasteiger partial charge in [-0.1, -0.05) is 6.92 Å². The van der Waals surface area contributed by atoms with Crippen LogP contribution >= 0.6 is 15.9 Å². The van der Waals surface area contributed by atoms with Crippen LogP contribution in [0.4, 0.5) is 14.5 Å². The van der Waals surface area contributed by atoms with Crippen molar-refractivity contribution in [2.45, 2.75) is 19.3 Å². The molecule has 78 valence electrons. The number of halogens is 3. The van der Waals surface area contributed by atoms with Crippen LogP contribution in [-0.2, 0) is 0 Å². The molecule has 1 heterocycles. The minimum Gasteiger partial charge on any atom is -0.378 e. The Balaban J connectivity index is 2.54. The Labute approximate surface area is 89.9 Å². The van der Waals surface area contributed by atoms with Crippen LogP contribution in [0.1, 0.15) is 13.3 Å². The number of pyridine rings is 1. The molecular formula is C9H11BrF2N2. The zero-order valence-corrected chi connectivity index (χ0v) is 9.31. The molecule has 0 fully saturated rings. The van der Waals surface area contributed by atoms with Crippen LogP contribution in [0.5, 0.6) is 0 Å². The normalized spacial score (nSPS) is 11.4. The van der Waals surface area contributed by atoms with Crippen molar-refractivity contribution < 1.29 is 8.78 Å². The first-order valence-corrected chi connectivity index (χ1v) is 5.05. The van der Waals surface area contributed by atoms with E-state index in [4.69, 9.17) is 0 Å². The highest BCUT2D eigenvalue weighted by Gasteiger charge is 2.25. The van der Waals surface area contributed by atoms with E-state index in [1.54, 1.807) is 12.3 Å². The van der Waals surface area contributed by atoms with Gasteiger partial charge < -0.3 is 5.32 Å². The van der Waals surface area contributed by atoms with Crippen LogP contribution in [0.3, 0.4) is 0 Å². The summed E-state index contributed by atoms with van der Waals surface area (Å²) >= 11 is 3.21. The standard InChI is InChI=1S/C9H11BrF2N2/c1-2-9(11,12)6-14-8-3-7(10)4-13-5-8/h3-5,14H,2,6H2,1H3. The highest BCUT2D eigenvalue weighted by Crippen LogP contribution is 2.19. The Bertz CT molecular complexity index is 305. The van der Waals surface area contributed by atoms with E-state index in [1.165, 1.54) is 13.1 Å². The third-order valence-electron chi connectivity index (χ3n) is 1.77. The molecule has 0 atom stereocenters. The zero-order valence-electron chi connectivity index (χ0n) is 7.73. The van der Waals surface area contributed by atoms with Gasteiger partial charge in [-0.15, -0.1) is 0 Å². The lowest BCUT2D eigenvalue weighted by Crippen LogP contribution is -2.25. The van der Waals surface area contributed by atoms with Crippen molar-refractivity contribution in [3.05, 3.63) is 22.9 Å². The Hall–Kier alpha value is -0.710. The van der Waals surface area contributed by atoms with Gasteiger partial charge in [0.1, 0.15) is 0 Å². The van der Waals surface area contributed by atoms with E-state index in [1.807, 2.05) is 0 Å². The summed E-state index contributed by atoms with van der Waals surface area (Å²) in [5.74, 6) is -2.66. The van der Waals surface area contributed by atoms with Gasteiger partial charge in [-0.3, -0.25) is 4.98 Å². The van der Waals surface area contributed by atoms with Gasteiger partial charge in [-0.05, 0) is 22.0 Å². The quantitative estimate of drug-likeness (QED) is 0.903. The smallest absolute Gasteiger partial charge is 0.264 e. The van der Waals surface area contributed by atoms with E-state index in [-0.39, 0.29) is 13.0 Å². The van der Waals surface area contributed by atoms with E-state index >= 15 is 0 Å². The first kappa shape index (κ1) is 11.4. The average Bonchev–Trinajstić information content (AvgIpc) is 2.15. The lowest BCUT2D eigenvalue weighted by atomic mass is 10.2. The number of nitrogens with one attached hydrogen (secondary N) is 1. The van der Waals surface area contributed by atoms with Crippen LogP contribution in [0, 0.1) is 0 Å². The van der Waals surface area contributed by atoms with Crippen molar-refractivity contribution in [1.82, 2.24) is 4.98 Å². The minimum atomic E-state index is -2.66. The molecule has 1 rings (SSSR count). The van der Waals surface area contributed by atoms with Gasteiger partial charge in [-0.25, -0.2) is 8.78 Å². The van der Waals surface area contributed by atoms with E-state index in [0.29, 0.717) is 5.69 Å². The number of nitrogens with zero attached hydrogens (tertiary/aromatic N) is 1. The summed E-state index contributed by atoms with van der Waals surface area (Å²) < 4.78 is 26.5. The summed E-state index contributed by atoms with van der Waals surface area (Å²) in [6, 6.07) is 1.71. The Kier molecular flexibility index (Phi) is 3.80. The molecule has 0 bridgehead atoms. The summed E-state index contributed by atoms with van der Waals surface area (Å²) in [6.45, 7) is 1.10. The molecule has 1 aromatic rings. The van der Waals surface area contributed by atoms with Crippen molar-refractivity contribution in [2.75, 3.05) is 11.9 Å². The SMILES string of the molecule is CCC(F)(F)CNc1cncc(Br)c1. The fraction of sp³-hybridized carbons (Fsp3) is 0.444. The van der Waals surface area contributed by atoms with Crippen LogP contribution < -0.4 is 5.32 Å². The second-order valence-electron chi connectivity index (χ2n) is 2.95. The van der Waals surface area contributed by atoms with Crippen molar-refractivity contribution >= 4 is 21.6 Å². The molecule has 1 aromatic heterocycles. The van der Waals surface area contributed by atoms with Crippen LogP contribution in [0.2, 0.25) is 0 Å². The fourth-order valence-corrected chi connectivity index (χ4v) is 1.23. The summed E-state index contributed by atoms with van der Waals surface area (Å²) in [5, 5.41) is 2.63. The van der Waals surface area contributed by atoms with Crippen LogP contribution in [0.15, 0.2) is 22.9 Å². The molecule has 0 saturated heterocycles. The van der Waals surface area contributed by atoms with Gasteiger partial charge in [0, 0.05) is 17.1 Å². The highest BCUT2D eigenvalue weighted by atomic mass is 79.9. The van der Waals surface area contributed by atoms with Gasteiger partial charge >= 0.3 is 0 Å². The lowest BCUT2D eigenvalue weighted by molar-refractivity contribution is 0.0116. The minimum absolute atomic E-state index is 0.165. The third kappa shape index (κ3) is 3.57. The predicted octanol–water partition coefficient (Wildman–Crippen LogP) is 3.30. The maximum Gasteiger partial charge on any atom is 0.264 e. The highest BCUT2D eigenvalue weighted by molar-refractivity contribution is 9.10. The third-order valence-corrected chi connectivity index (χ3v) is 2.21. The molecule has 14 heavy (non-hydrogen) atoms. The molecule has 0 unspecified atom stereocenters. The second kappa shape index (κ2) is 4.68. The Morgan fingerprint density at radius 2 is 2.21 bits per heavy atom. The first-order chi connectivity index (χ1) is 6.53. The predicted molar refractivity (Wildman–Crippen MR) is 55.7 cm³/mol. The molecule has 0 amide bonds. The first-order valence-electron chi connectivity index (χ1n) is 4.26. The van der Waals surface area contributed by atoms with Crippen molar-refractivity contribution in [3.63, 3.8) is 0 Å². The maximum absolute atomic E-state index is 12.8. The molecular weight excluding hydrogens is 254 g/mol. The van der Waals surface area contributed by atoms with Crippen molar-refractivity contribution in [3.8, 4) is 0 Å². The Morgan fingerprint density at radius 3 is 2.79 bits per heavy atom. The van der Waals surface area contributed by atoms with Crippen molar-refractivity contribution in [1.29, 1.82) is 0 Å². The summed E-state index contributed by atoms with van der Waals surface area (Å²) in [6.07, 6.45) is 2.95. The number of aromatic nitrogens is 1. The van der Waals surface area contributed by atoms with Gasteiger partial charge in [0.2, 0.25) is 0 Å². The number of alkyl halides is 2. The summed E-state index contributed by atoms with van der Waals surface area (Å²) in [5.41, 5.74) is 0.590. The van der Waals surface area contributed by atoms with E-state index in [0.717, 1.165) is 4.47 Å². The molecule has 1 N–H and O–H groups in total. The number of anilines is 1. The van der Waals surface area contributed by atoms with Gasteiger partial charge in [-0.2, -0.15) is 0 Å². The monoisotopic (exact) mass is 264 g/mol. The largest absolute Gasteiger partial charge is 0.378 e. The molecule has 0 saturated carbocycles. The molecule has 0 aliphatic rings.